The smallest absolute Gasteiger partial charge is 0.147 e. The maximum Gasteiger partial charge on any atom is 0.147 e. The number of para-hydroxylation sites is 3. The van der Waals surface area contributed by atoms with E-state index >= 15 is 4.39 Å². The zero-order valence-electron chi connectivity index (χ0n) is 57.1. The summed E-state index contributed by atoms with van der Waals surface area (Å²) in [6.07, 6.45) is 0. The van der Waals surface area contributed by atoms with E-state index in [1.807, 2.05) is 47.4 Å². The zero-order chi connectivity index (χ0) is 69.1. The topological polar surface area (TPSA) is 6.48 Å². The summed E-state index contributed by atoms with van der Waals surface area (Å²) >= 11 is 0. The molecule has 3 heteroatoms. The second kappa shape index (κ2) is 22.8. The summed E-state index contributed by atoms with van der Waals surface area (Å²) in [6, 6.07) is 141. The van der Waals surface area contributed by atoms with Crippen LogP contribution in [0.25, 0.3) is 121 Å². The van der Waals surface area contributed by atoms with E-state index in [1.54, 1.807) is 12.1 Å². The van der Waals surface area contributed by atoms with Crippen molar-refractivity contribution in [1.29, 1.82) is 0 Å². The molecule has 0 aromatic heterocycles. The third-order valence-electron chi connectivity index (χ3n) is 23.5. The van der Waals surface area contributed by atoms with Gasteiger partial charge in [0.2, 0.25) is 0 Å². The largest absolute Gasteiger partial charge is 0.310 e. The minimum absolute atomic E-state index is 0.281. The highest BCUT2D eigenvalue weighted by atomic mass is 19.1. The minimum Gasteiger partial charge on any atom is -0.310 e. The second-order valence-electron chi connectivity index (χ2n) is 28.5. The van der Waals surface area contributed by atoms with Gasteiger partial charge < -0.3 is 9.80 Å². The molecular formula is C102H63FN2. The third kappa shape index (κ3) is 8.35. The van der Waals surface area contributed by atoms with Gasteiger partial charge in [-0.2, -0.15) is 0 Å². The number of hydrogen-bond acceptors (Lipinski definition) is 2. The highest BCUT2D eigenvalue weighted by molar-refractivity contribution is 6.14. The van der Waals surface area contributed by atoms with E-state index in [2.05, 4.69) is 332 Å². The van der Waals surface area contributed by atoms with Crippen LogP contribution in [-0.2, 0) is 10.8 Å². The number of benzene rings is 18. The van der Waals surface area contributed by atoms with Crippen molar-refractivity contribution in [3.63, 3.8) is 0 Å². The van der Waals surface area contributed by atoms with Gasteiger partial charge in [0.25, 0.3) is 0 Å². The van der Waals surface area contributed by atoms with Crippen LogP contribution in [0.2, 0.25) is 0 Å². The Bertz CT molecular complexity index is 6600. The van der Waals surface area contributed by atoms with Crippen LogP contribution in [-0.4, -0.2) is 0 Å². The van der Waals surface area contributed by atoms with E-state index in [9.17, 15) is 0 Å². The van der Waals surface area contributed by atoms with E-state index in [4.69, 9.17) is 0 Å². The van der Waals surface area contributed by atoms with Gasteiger partial charge in [-0.25, -0.2) is 4.39 Å². The molecule has 488 valence electrons. The van der Waals surface area contributed by atoms with Gasteiger partial charge in [-0.15, -0.1) is 0 Å². The third-order valence-corrected chi connectivity index (χ3v) is 23.5. The molecule has 2 nitrogen and oxygen atoms in total. The molecule has 0 amide bonds. The summed E-state index contributed by atoms with van der Waals surface area (Å²) in [7, 11) is 0. The van der Waals surface area contributed by atoms with Crippen molar-refractivity contribution in [1.82, 2.24) is 0 Å². The zero-order valence-corrected chi connectivity index (χ0v) is 57.1. The average Bonchev–Trinajstić information content (AvgIpc) is 1.50. The van der Waals surface area contributed by atoms with Crippen molar-refractivity contribution in [2.24, 2.45) is 0 Å². The average molecular weight is 1340 g/mol. The first kappa shape index (κ1) is 59.2. The standard InChI is InChI=1S/C102H63FN2/c103-94-44-20-21-45-95(94)104(71-29-6-2-7-30-71)73-50-56-79-69(61-73)49-55-88-89-59-58-80-75(38-23-39-85(80)100(89)102(99(79)88)92-42-18-14-36-83(92)84-37-15-19-43-93(84)102)67-27-22-28-68(60-67)76-52-47-66(64-24-4-1-5-25-64)63-96(76)105(72-31-8-3-9-32-72)74-51-57-78-70(62-74)48-54-87-86-53-46-65-26-10-11-33-77(65)97(86)101(98(78)87)90-40-16-12-34-81(90)82-35-13-17-41-91(82)101/h1-63H. The Balaban J connectivity index is 0.721. The van der Waals surface area contributed by atoms with Crippen molar-refractivity contribution in [2.45, 2.75) is 10.8 Å². The first-order valence-corrected chi connectivity index (χ1v) is 36.4. The van der Waals surface area contributed by atoms with Crippen LogP contribution in [0.1, 0.15) is 44.5 Å². The van der Waals surface area contributed by atoms with Gasteiger partial charge in [-0.1, -0.05) is 309 Å². The Morgan fingerprint density at radius 1 is 0.190 bits per heavy atom. The maximum atomic E-state index is 16.1. The van der Waals surface area contributed by atoms with E-state index in [1.165, 1.54) is 121 Å². The molecule has 18 aromatic rings. The molecular weight excluding hydrogens is 1270 g/mol. The first-order chi connectivity index (χ1) is 52.0. The van der Waals surface area contributed by atoms with Crippen molar-refractivity contribution in [2.75, 3.05) is 9.80 Å². The van der Waals surface area contributed by atoms with Gasteiger partial charge in [0.05, 0.1) is 22.2 Å². The highest BCUT2D eigenvalue weighted by Gasteiger charge is 2.55. The van der Waals surface area contributed by atoms with Gasteiger partial charge in [-0.05, 0) is 233 Å². The summed E-state index contributed by atoms with van der Waals surface area (Å²) in [6.45, 7) is 0. The fourth-order valence-corrected chi connectivity index (χ4v) is 19.4. The molecule has 0 aliphatic heterocycles. The Morgan fingerprint density at radius 2 is 0.571 bits per heavy atom. The molecule has 0 heterocycles. The lowest BCUT2D eigenvalue weighted by molar-refractivity contribution is 0.629. The molecule has 0 saturated heterocycles. The van der Waals surface area contributed by atoms with Crippen LogP contribution < -0.4 is 9.80 Å². The number of fused-ring (bicyclic) bond motifs is 28. The van der Waals surface area contributed by atoms with Crippen molar-refractivity contribution >= 4 is 77.2 Å². The molecule has 0 N–H and O–H groups in total. The molecule has 0 radical (unpaired) electrons. The molecule has 4 aliphatic rings. The summed E-state index contributed by atoms with van der Waals surface area (Å²) in [5, 5.41) is 9.62. The molecule has 0 fully saturated rings. The molecule has 22 rings (SSSR count). The fraction of sp³-hybridized carbons (Fsp3) is 0.0196. The summed E-state index contributed by atoms with van der Waals surface area (Å²) in [4.78, 5) is 4.52. The van der Waals surface area contributed by atoms with Crippen LogP contribution in [0.15, 0.2) is 382 Å². The van der Waals surface area contributed by atoms with Gasteiger partial charge >= 0.3 is 0 Å². The molecule has 0 bridgehead atoms. The lowest BCUT2D eigenvalue weighted by atomic mass is 9.68. The summed E-state index contributed by atoms with van der Waals surface area (Å²) < 4.78 is 16.1. The van der Waals surface area contributed by atoms with Crippen LogP contribution >= 0.6 is 0 Å². The number of halogens is 1. The van der Waals surface area contributed by atoms with Crippen molar-refractivity contribution in [3.05, 3.63) is 433 Å². The molecule has 105 heavy (non-hydrogen) atoms. The van der Waals surface area contributed by atoms with E-state index in [0.29, 0.717) is 5.69 Å². The second-order valence-corrected chi connectivity index (χ2v) is 28.5. The van der Waals surface area contributed by atoms with Crippen molar-refractivity contribution < 1.29 is 4.39 Å². The van der Waals surface area contributed by atoms with Crippen LogP contribution in [0, 0.1) is 5.82 Å². The normalized spacial score (nSPS) is 13.3. The van der Waals surface area contributed by atoms with Crippen molar-refractivity contribution in [3.8, 4) is 77.9 Å². The summed E-state index contributed by atoms with van der Waals surface area (Å²) in [5.74, 6) is -0.281. The van der Waals surface area contributed by atoms with Gasteiger partial charge in [0, 0.05) is 28.3 Å². The molecule has 0 atom stereocenters. The summed E-state index contributed by atoms with van der Waals surface area (Å²) in [5.41, 5.74) is 31.7. The maximum absolute atomic E-state index is 16.1. The van der Waals surface area contributed by atoms with Gasteiger partial charge in [-0.3, -0.25) is 0 Å². The number of rotatable bonds is 9. The van der Waals surface area contributed by atoms with E-state index in [0.717, 1.165) is 72.6 Å². The fourth-order valence-electron chi connectivity index (χ4n) is 19.4. The number of nitrogens with zero attached hydrogens (tertiary/aromatic N) is 2. The molecule has 4 aliphatic carbocycles. The first-order valence-electron chi connectivity index (χ1n) is 36.4. The number of hydrogen-bond donors (Lipinski definition) is 0. The SMILES string of the molecule is Fc1ccccc1N(c1ccccc1)c1ccc2c3c(ccc2c1)-c1ccc2c(-c4cccc(-c5ccc(-c6ccccc6)cc5N(c5ccccc5)c5ccc6c7c(ccc6c5)-c5ccc6ccccc6c5C75c6ccccc6-c6ccccc65)c4)cccc2c1C31c2ccccc2-c2ccccc21. The molecule has 0 unspecified atom stereocenters. The predicted octanol–water partition coefficient (Wildman–Crippen LogP) is 27.1. The lowest BCUT2D eigenvalue weighted by Crippen LogP contribution is -2.26. The van der Waals surface area contributed by atoms with Crippen LogP contribution in [0.4, 0.5) is 38.5 Å². The Hall–Kier alpha value is -13.5. The quantitative estimate of drug-likeness (QED) is 0.142. The number of anilines is 6. The molecule has 0 saturated carbocycles. The molecule has 18 aromatic carbocycles. The molecule has 2 spiro atoms. The Kier molecular flexibility index (Phi) is 12.8. The predicted molar refractivity (Wildman–Crippen MR) is 435 cm³/mol. The van der Waals surface area contributed by atoms with E-state index < -0.39 is 10.8 Å². The Labute approximate surface area is 608 Å². The Morgan fingerprint density at radius 3 is 1.12 bits per heavy atom. The minimum atomic E-state index is -0.683. The lowest BCUT2D eigenvalue weighted by Gasteiger charge is -2.33. The van der Waals surface area contributed by atoms with E-state index in [-0.39, 0.29) is 5.82 Å². The monoisotopic (exact) mass is 1330 g/mol. The highest BCUT2D eigenvalue weighted by Crippen LogP contribution is 2.68. The van der Waals surface area contributed by atoms with Crippen LogP contribution in [0.3, 0.4) is 0 Å². The van der Waals surface area contributed by atoms with Gasteiger partial charge in [0.15, 0.2) is 0 Å². The van der Waals surface area contributed by atoms with Crippen LogP contribution in [0.5, 0.6) is 0 Å². The van der Waals surface area contributed by atoms with Gasteiger partial charge in [0.1, 0.15) is 5.82 Å².